The van der Waals surface area contributed by atoms with E-state index < -0.39 is 0 Å². The summed E-state index contributed by atoms with van der Waals surface area (Å²) in [6.45, 7) is 8.50. The summed E-state index contributed by atoms with van der Waals surface area (Å²) in [6, 6.07) is 0. The maximum atomic E-state index is 8.00. The van der Waals surface area contributed by atoms with Crippen molar-refractivity contribution < 1.29 is 36.6 Å². The molecule has 0 nitrogen and oxygen atoms in total. The molecule has 18 heavy (non-hydrogen) atoms. The monoisotopic (exact) mass is 304 g/mol. The van der Waals surface area contributed by atoms with E-state index in [-0.39, 0.29) is 29.7 Å². The van der Waals surface area contributed by atoms with Crippen LogP contribution in [0, 0.1) is 0 Å². The molecule has 0 spiro atoms. The second-order valence-electron chi connectivity index (χ2n) is 1.41. The van der Waals surface area contributed by atoms with Gasteiger partial charge in [-0.1, -0.05) is 70.2 Å². The van der Waals surface area contributed by atoms with Gasteiger partial charge in [-0.3, -0.25) is 0 Å². The molecular formula is C10H32F8. The van der Waals surface area contributed by atoms with E-state index in [1.165, 1.54) is 12.8 Å². The van der Waals surface area contributed by atoms with Gasteiger partial charge in [0.2, 0.25) is 0 Å². The minimum Gasteiger partial charge on any atom is -0.0776 e. The van der Waals surface area contributed by atoms with Crippen LogP contribution in [-0.2, 0) is 0 Å². The average molecular weight is 304 g/mol. The Hall–Kier alpha value is -0.560. The molecule has 0 atom stereocenters. The molecular weight excluding hydrogens is 272 g/mol. The van der Waals surface area contributed by atoms with Crippen molar-refractivity contribution in [3.05, 3.63) is 0 Å². The quantitative estimate of drug-likeness (QED) is 0.392. The lowest BCUT2D eigenvalue weighted by atomic mass is 10.6. The molecule has 0 aromatic rings. The van der Waals surface area contributed by atoms with Crippen molar-refractivity contribution in [3.8, 4) is 0 Å². The number of hydrogen-bond donors (Lipinski definition) is 0. The summed E-state index contributed by atoms with van der Waals surface area (Å²) >= 11 is 0. The Bertz CT molecular complexity index is 19.8. The van der Waals surface area contributed by atoms with E-state index in [9.17, 15) is 0 Å². The Kier molecular flexibility index (Phi) is 8940. The van der Waals surface area contributed by atoms with Gasteiger partial charge in [0.05, 0.1) is 0 Å². The van der Waals surface area contributed by atoms with Crippen molar-refractivity contribution in [3.63, 3.8) is 0 Å². The average Bonchev–Trinajstić information content (AvgIpc) is 2.31. The highest BCUT2D eigenvalue weighted by Crippen LogP contribution is 1.56. The second-order valence-corrected chi connectivity index (χ2v) is 1.41. The molecule has 0 saturated carbocycles. The van der Waals surface area contributed by atoms with Crippen LogP contribution in [0.25, 0.3) is 0 Å². The normalized spacial score (nSPS) is 3.33. The first-order valence-corrected chi connectivity index (χ1v) is 3.40. The van der Waals surface area contributed by atoms with E-state index in [1.807, 2.05) is 0 Å². The molecule has 0 amide bonds. The Morgan fingerprint density at radius 2 is 0.389 bits per heavy atom. The Labute approximate surface area is 108 Å². The van der Waals surface area contributed by atoms with Crippen LogP contribution in [-0.4, -0.2) is 0 Å². The topological polar surface area (TPSA) is 0 Å². The van der Waals surface area contributed by atoms with Crippen LogP contribution in [0.3, 0.4) is 0 Å². The smallest absolute Gasteiger partial charge is 0 e. The van der Waals surface area contributed by atoms with Gasteiger partial charge >= 0.3 is 0 Å². The van der Waals surface area contributed by atoms with Gasteiger partial charge in [0, 0.05) is 36.6 Å². The molecule has 128 valence electrons. The van der Waals surface area contributed by atoms with E-state index in [0.29, 0.717) is 0 Å². The van der Waals surface area contributed by atoms with E-state index in [1.54, 1.807) is 0 Å². The lowest BCUT2D eigenvalue weighted by Crippen LogP contribution is -1.27. The molecule has 0 N–H and O–H groups in total. The molecule has 0 unspecified atom stereocenters. The largest absolute Gasteiger partial charge is 0.0776 e. The second kappa shape index (κ2) is 1890. The summed E-state index contributed by atoms with van der Waals surface area (Å²) in [4.78, 5) is 0. The molecule has 0 bridgehead atoms. The van der Waals surface area contributed by atoms with Crippen LogP contribution < -0.4 is 0 Å². The van der Waals surface area contributed by atoms with Gasteiger partial charge in [-0.2, -0.15) is 0 Å². The zero-order chi connectivity index (χ0) is 13.4. The van der Waals surface area contributed by atoms with Crippen molar-refractivity contribution in [1.82, 2.24) is 0 Å². The van der Waals surface area contributed by atoms with Gasteiger partial charge < -0.3 is 0 Å². The zero-order valence-corrected chi connectivity index (χ0v) is 8.44. The first-order chi connectivity index (χ1) is 6.83. The molecule has 0 fully saturated rings. The van der Waals surface area contributed by atoms with Crippen molar-refractivity contribution in [2.24, 2.45) is 0 Å². The van der Waals surface area contributed by atoms with E-state index in [2.05, 4.69) is 27.7 Å². The molecule has 0 aromatic heterocycles. The fourth-order valence-electron chi connectivity index (χ4n) is 0. The van der Waals surface area contributed by atoms with Gasteiger partial charge in [-0.25, -0.2) is 0 Å². The van der Waals surface area contributed by atoms with Crippen LogP contribution in [0.4, 0.5) is 36.6 Å². The maximum absolute atomic E-state index is 8.00. The first kappa shape index (κ1) is 85.2. The molecule has 0 saturated heterocycles. The van der Waals surface area contributed by atoms with E-state index >= 15 is 0 Å². The predicted molar refractivity (Wildman–Crippen MR) is 67.7 cm³/mol. The van der Waals surface area contributed by atoms with Gasteiger partial charge in [-0.15, -0.1) is 0 Å². The number of rotatable bonds is 0. The van der Waals surface area contributed by atoms with Crippen LogP contribution in [0.5, 0.6) is 0 Å². The minimum absolute atomic E-state index is 0. The summed E-state index contributed by atoms with van der Waals surface area (Å²) in [7, 11) is 0. The van der Waals surface area contributed by atoms with Crippen LogP contribution in [0.1, 0.15) is 70.2 Å². The zero-order valence-electron chi connectivity index (χ0n) is 8.44. The third-order valence-corrected chi connectivity index (χ3v) is 0. The molecule has 0 radical (unpaired) electrons. The maximum Gasteiger partial charge on any atom is 0 e. The van der Waals surface area contributed by atoms with Crippen LogP contribution in [0.2, 0.25) is 0 Å². The lowest BCUT2D eigenvalue weighted by molar-refractivity contribution is 0.108. The minimum atomic E-state index is 0. The summed E-state index contributed by atoms with van der Waals surface area (Å²) in [5.74, 6) is 0. The summed E-state index contributed by atoms with van der Waals surface area (Å²) in [5, 5.41) is 0. The SMILES string of the molecule is C.C.C.C.CCC.CCC.FF.FF.FF.FF. The van der Waals surface area contributed by atoms with Gasteiger partial charge in [-0.05, 0) is 0 Å². The fraction of sp³-hybridized carbons (Fsp3) is 1.00. The van der Waals surface area contributed by atoms with Crippen molar-refractivity contribution >= 4 is 0 Å². The highest BCUT2D eigenvalue weighted by Gasteiger charge is 1.36. The predicted octanol–water partition coefficient (Wildman–Crippen LogP) is 8.74. The van der Waals surface area contributed by atoms with Crippen LogP contribution in [0.15, 0.2) is 0 Å². The standard InChI is InChI=1S/2C3H8.4CH4.4F2/c2*1-3-2;;;;;4*1-2/h2*3H2,1-2H3;4*1H4;;;;. The van der Waals surface area contributed by atoms with E-state index in [0.717, 1.165) is 0 Å². The Morgan fingerprint density at radius 1 is 0.389 bits per heavy atom. The number of halogens is 8. The highest BCUT2D eigenvalue weighted by molar-refractivity contribution is 3.92. The summed E-state index contributed by atoms with van der Waals surface area (Å²) in [5.41, 5.74) is 0. The van der Waals surface area contributed by atoms with Crippen LogP contribution >= 0.6 is 0 Å². The highest BCUT2D eigenvalue weighted by atomic mass is 20.0. The Morgan fingerprint density at radius 3 is 0.389 bits per heavy atom. The lowest BCUT2D eigenvalue weighted by Gasteiger charge is -1.48. The van der Waals surface area contributed by atoms with Crippen molar-refractivity contribution in [2.75, 3.05) is 0 Å². The third kappa shape index (κ3) is 10300. The van der Waals surface area contributed by atoms with Gasteiger partial charge in [0.15, 0.2) is 0 Å². The molecule has 8 heteroatoms. The summed E-state index contributed by atoms with van der Waals surface area (Å²) in [6.07, 6.45) is 2.50. The molecule has 0 aliphatic carbocycles. The van der Waals surface area contributed by atoms with Gasteiger partial charge in [0.1, 0.15) is 0 Å². The first-order valence-electron chi connectivity index (χ1n) is 3.40. The third-order valence-electron chi connectivity index (χ3n) is 0. The summed E-state index contributed by atoms with van der Waals surface area (Å²) < 4.78 is 64.0. The van der Waals surface area contributed by atoms with Gasteiger partial charge in [0.25, 0.3) is 0 Å². The molecule has 0 aromatic carbocycles. The van der Waals surface area contributed by atoms with E-state index in [4.69, 9.17) is 36.6 Å². The molecule has 0 aliphatic rings. The molecule has 0 heterocycles. The Balaban J connectivity index is -0.00000000517. The van der Waals surface area contributed by atoms with Crippen molar-refractivity contribution in [2.45, 2.75) is 70.2 Å². The molecule has 0 rings (SSSR count). The number of hydrogen-bond acceptors (Lipinski definition) is 0. The van der Waals surface area contributed by atoms with Crippen molar-refractivity contribution in [1.29, 1.82) is 0 Å². The fourth-order valence-corrected chi connectivity index (χ4v) is 0. The molecule has 0 aliphatic heterocycles.